The van der Waals surface area contributed by atoms with Gasteiger partial charge in [-0.2, -0.15) is 0 Å². The van der Waals surface area contributed by atoms with Crippen molar-refractivity contribution in [3.8, 4) is 0 Å². The molecule has 0 heterocycles. The second kappa shape index (κ2) is 9.70. The van der Waals surface area contributed by atoms with Gasteiger partial charge >= 0.3 is 5.97 Å². The lowest BCUT2D eigenvalue weighted by atomic mass is 9.87. The summed E-state index contributed by atoms with van der Waals surface area (Å²) in [6.45, 7) is 4.03. The van der Waals surface area contributed by atoms with Crippen molar-refractivity contribution in [2.45, 2.75) is 89.8 Å². The number of aliphatic hydroxyl groups excluding tert-OH is 1. The van der Waals surface area contributed by atoms with Crippen LogP contribution in [0.1, 0.15) is 78.1 Å². The zero-order chi connectivity index (χ0) is 19.2. The smallest absolute Gasteiger partial charge is 0.303 e. The molecule has 2 rings (SSSR count). The number of carboxylic acids is 1. The Labute approximate surface area is 158 Å². The normalized spacial score (nSPS) is 30.4. The van der Waals surface area contributed by atoms with Crippen molar-refractivity contribution in [1.29, 1.82) is 0 Å². The number of aliphatic hydroxyl groups is 2. The summed E-state index contributed by atoms with van der Waals surface area (Å²) in [4.78, 5) is 10.6. The van der Waals surface area contributed by atoms with E-state index in [2.05, 4.69) is 25.2 Å². The monoisotopic (exact) mass is 364 g/mol. The van der Waals surface area contributed by atoms with Gasteiger partial charge in [0.05, 0.1) is 11.7 Å². The molecule has 148 valence electrons. The third kappa shape index (κ3) is 6.24. The maximum atomic E-state index is 10.6. The Hall–Kier alpha value is -1.13. The molecule has 5 atom stereocenters. The summed E-state index contributed by atoms with van der Waals surface area (Å²) >= 11 is 0. The number of aliphatic carboxylic acids is 1. The van der Waals surface area contributed by atoms with Crippen molar-refractivity contribution in [2.75, 3.05) is 0 Å². The Morgan fingerprint density at radius 2 is 2.12 bits per heavy atom. The molecule has 0 aromatic carbocycles. The topological polar surface area (TPSA) is 77.8 Å². The first-order chi connectivity index (χ1) is 12.3. The minimum Gasteiger partial charge on any atom is -0.481 e. The van der Waals surface area contributed by atoms with Crippen LogP contribution in [0, 0.1) is 17.8 Å². The Morgan fingerprint density at radius 3 is 2.81 bits per heavy atom. The second-order valence-corrected chi connectivity index (χ2v) is 8.57. The first-order valence-electron chi connectivity index (χ1n) is 10.3. The number of rotatable bonds is 11. The van der Waals surface area contributed by atoms with Crippen LogP contribution in [0.4, 0.5) is 0 Å². The molecule has 3 N–H and O–H groups in total. The maximum Gasteiger partial charge on any atom is 0.303 e. The highest BCUT2D eigenvalue weighted by atomic mass is 16.4. The summed E-state index contributed by atoms with van der Waals surface area (Å²) in [6.07, 6.45) is 14.6. The summed E-state index contributed by atoms with van der Waals surface area (Å²) in [7, 11) is 0. The standard InChI is InChI=1S/C22H36O4/c1-3-4-11-22(2,26)12-7-9-18-19-14-16(8-5-6-10-21(24)25)13-17(19)15-20(18)23/h7,9,13,17-20,23,26H,3-6,8,10-12,14-15H2,1-2H3,(H,24,25)/t17-,18+,19-,20+,22-/m0/s1. The van der Waals surface area contributed by atoms with Crippen molar-refractivity contribution >= 4 is 5.97 Å². The van der Waals surface area contributed by atoms with Crippen LogP contribution in [0.15, 0.2) is 23.8 Å². The summed E-state index contributed by atoms with van der Waals surface area (Å²) in [5.74, 6) is 0.381. The molecule has 0 bridgehead atoms. The van der Waals surface area contributed by atoms with Gasteiger partial charge in [-0.1, -0.05) is 43.6 Å². The fraction of sp³-hybridized carbons (Fsp3) is 0.773. The number of hydrogen-bond acceptors (Lipinski definition) is 3. The summed E-state index contributed by atoms with van der Waals surface area (Å²) < 4.78 is 0. The van der Waals surface area contributed by atoms with Crippen molar-refractivity contribution in [3.05, 3.63) is 23.8 Å². The molecule has 4 heteroatoms. The van der Waals surface area contributed by atoms with Gasteiger partial charge in [0, 0.05) is 12.3 Å². The Bertz CT molecular complexity index is 520. The average Bonchev–Trinajstić information content (AvgIpc) is 3.07. The van der Waals surface area contributed by atoms with Crippen LogP contribution in [0.5, 0.6) is 0 Å². The summed E-state index contributed by atoms with van der Waals surface area (Å²) in [5, 5.41) is 29.5. The molecular weight excluding hydrogens is 328 g/mol. The number of carboxylic acid groups (broad SMARTS) is 1. The van der Waals surface area contributed by atoms with Gasteiger partial charge in [-0.15, -0.1) is 0 Å². The summed E-state index contributed by atoms with van der Waals surface area (Å²) in [5.41, 5.74) is 0.782. The lowest BCUT2D eigenvalue weighted by Gasteiger charge is -2.22. The SMILES string of the molecule is CCCC[C@](C)(O)CC=C[C@@H]1[C@H]2CC(CCCCC(=O)O)=C[C@H]2C[C@H]1O. The highest BCUT2D eigenvalue weighted by molar-refractivity contribution is 5.66. The first-order valence-corrected chi connectivity index (χ1v) is 10.3. The van der Waals surface area contributed by atoms with E-state index in [1.807, 2.05) is 6.92 Å². The van der Waals surface area contributed by atoms with E-state index in [9.17, 15) is 15.0 Å². The van der Waals surface area contributed by atoms with E-state index in [1.165, 1.54) is 5.57 Å². The molecule has 0 aromatic rings. The van der Waals surface area contributed by atoms with Crippen LogP contribution >= 0.6 is 0 Å². The number of unbranched alkanes of at least 4 members (excludes halogenated alkanes) is 2. The number of carbonyl (C=O) groups is 1. The van der Waals surface area contributed by atoms with Gasteiger partial charge in [-0.3, -0.25) is 4.79 Å². The lowest BCUT2D eigenvalue weighted by molar-refractivity contribution is -0.137. The van der Waals surface area contributed by atoms with E-state index in [0.717, 1.165) is 51.4 Å². The molecular formula is C22H36O4. The van der Waals surface area contributed by atoms with Gasteiger partial charge in [-0.25, -0.2) is 0 Å². The van der Waals surface area contributed by atoms with Crippen molar-refractivity contribution in [1.82, 2.24) is 0 Å². The van der Waals surface area contributed by atoms with E-state index in [-0.39, 0.29) is 18.4 Å². The molecule has 2 aliphatic rings. The molecule has 26 heavy (non-hydrogen) atoms. The van der Waals surface area contributed by atoms with E-state index in [4.69, 9.17) is 5.11 Å². The van der Waals surface area contributed by atoms with E-state index < -0.39 is 11.6 Å². The lowest BCUT2D eigenvalue weighted by Crippen LogP contribution is -2.23. The average molecular weight is 365 g/mol. The van der Waals surface area contributed by atoms with E-state index >= 15 is 0 Å². The fourth-order valence-electron chi connectivity index (χ4n) is 4.56. The van der Waals surface area contributed by atoms with Gasteiger partial charge in [-0.05, 0) is 63.7 Å². The van der Waals surface area contributed by atoms with E-state index in [1.54, 1.807) is 0 Å². The third-order valence-corrected chi connectivity index (χ3v) is 6.07. The molecule has 0 amide bonds. The highest BCUT2D eigenvalue weighted by Gasteiger charge is 2.43. The van der Waals surface area contributed by atoms with Crippen LogP contribution in [0.3, 0.4) is 0 Å². The van der Waals surface area contributed by atoms with Gasteiger partial charge in [0.2, 0.25) is 0 Å². The van der Waals surface area contributed by atoms with Crippen LogP contribution < -0.4 is 0 Å². The van der Waals surface area contributed by atoms with Crippen molar-refractivity contribution < 1.29 is 20.1 Å². The Morgan fingerprint density at radius 1 is 1.35 bits per heavy atom. The van der Waals surface area contributed by atoms with Crippen LogP contribution in [-0.4, -0.2) is 33.0 Å². The van der Waals surface area contributed by atoms with Crippen LogP contribution in [0.2, 0.25) is 0 Å². The molecule has 0 aromatic heterocycles. The molecule has 1 fully saturated rings. The number of allylic oxidation sites excluding steroid dienone is 2. The molecule has 1 saturated carbocycles. The predicted octanol–water partition coefficient (Wildman–Crippen LogP) is 4.46. The fourth-order valence-corrected chi connectivity index (χ4v) is 4.56. The van der Waals surface area contributed by atoms with Crippen LogP contribution in [-0.2, 0) is 4.79 Å². The van der Waals surface area contributed by atoms with Crippen LogP contribution in [0.25, 0.3) is 0 Å². The molecule has 0 aliphatic heterocycles. The van der Waals surface area contributed by atoms with Gasteiger partial charge < -0.3 is 15.3 Å². The molecule has 0 radical (unpaired) electrons. The van der Waals surface area contributed by atoms with Gasteiger partial charge in [0.1, 0.15) is 0 Å². The number of fused-ring (bicyclic) bond motifs is 1. The maximum absolute atomic E-state index is 10.6. The zero-order valence-electron chi connectivity index (χ0n) is 16.4. The molecule has 0 saturated heterocycles. The molecule has 2 aliphatic carbocycles. The minimum absolute atomic E-state index is 0.176. The first kappa shape index (κ1) is 21.2. The highest BCUT2D eigenvalue weighted by Crippen LogP contribution is 2.48. The zero-order valence-corrected chi connectivity index (χ0v) is 16.4. The summed E-state index contributed by atoms with van der Waals surface area (Å²) in [6, 6.07) is 0. The molecule has 0 spiro atoms. The number of hydrogen-bond donors (Lipinski definition) is 3. The van der Waals surface area contributed by atoms with Gasteiger partial charge in [0.25, 0.3) is 0 Å². The second-order valence-electron chi connectivity index (χ2n) is 8.57. The van der Waals surface area contributed by atoms with Crippen molar-refractivity contribution in [2.24, 2.45) is 17.8 Å². The molecule has 4 nitrogen and oxygen atoms in total. The Balaban J connectivity index is 1.81. The Kier molecular flexibility index (Phi) is 7.90. The quantitative estimate of drug-likeness (QED) is 0.373. The van der Waals surface area contributed by atoms with Crippen molar-refractivity contribution in [3.63, 3.8) is 0 Å². The predicted molar refractivity (Wildman–Crippen MR) is 104 cm³/mol. The van der Waals surface area contributed by atoms with Gasteiger partial charge in [0.15, 0.2) is 0 Å². The molecule has 0 unspecified atom stereocenters. The largest absolute Gasteiger partial charge is 0.481 e. The van der Waals surface area contributed by atoms with E-state index in [0.29, 0.717) is 18.3 Å². The minimum atomic E-state index is -0.717. The third-order valence-electron chi connectivity index (χ3n) is 6.07.